The number of allylic oxidation sites excluding steroid dienone is 3. The molecule has 0 aliphatic heterocycles. The fourth-order valence-corrected chi connectivity index (χ4v) is 2.89. The average Bonchev–Trinajstić information content (AvgIpc) is 2.71. The summed E-state index contributed by atoms with van der Waals surface area (Å²) in [5.41, 5.74) is 2.00. The van der Waals surface area contributed by atoms with Crippen LogP contribution in [0.25, 0.3) is 0 Å². The van der Waals surface area contributed by atoms with Crippen LogP contribution in [0.3, 0.4) is 0 Å². The van der Waals surface area contributed by atoms with Gasteiger partial charge in [0.05, 0.1) is 26.1 Å². The summed E-state index contributed by atoms with van der Waals surface area (Å²) in [4.78, 5) is 23.7. The molecule has 2 atom stereocenters. The Labute approximate surface area is 180 Å². The molecule has 0 fully saturated rings. The molecule has 168 valence electrons. The molecule has 2 unspecified atom stereocenters. The van der Waals surface area contributed by atoms with Gasteiger partial charge in [-0.2, -0.15) is 0 Å². The largest absolute Gasteiger partial charge is 0.497 e. The Morgan fingerprint density at radius 1 is 1.13 bits per heavy atom. The topological polar surface area (TPSA) is 82.1 Å². The van der Waals surface area contributed by atoms with Crippen LogP contribution in [0.1, 0.15) is 52.5 Å². The van der Waals surface area contributed by atoms with Crippen molar-refractivity contribution in [1.82, 2.24) is 0 Å². The maximum absolute atomic E-state index is 12.4. The molecule has 1 rings (SSSR count). The third kappa shape index (κ3) is 9.63. The smallest absolute Gasteiger partial charge is 0.310 e. The van der Waals surface area contributed by atoms with Gasteiger partial charge in [0.15, 0.2) is 0 Å². The molecule has 30 heavy (non-hydrogen) atoms. The molecule has 0 saturated heterocycles. The number of hydrogen-bond donors (Lipinski definition) is 1. The molecule has 1 aromatic rings. The van der Waals surface area contributed by atoms with Crippen LogP contribution in [-0.2, 0) is 20.9 Å². The first-order valence-corrected chi connectivity index (χ1v) is 10.1. The zero-order chi connectivity index (χ0) is 23.1. The van der Waals surface area contributed by atoms with Crippen LogP contribution >= 0.6 is 0 Å². The SMILES string of the molecule is C=CC=C(C)C.CCCC(C(=O)OCc1ccc(OC)cc1OC)C(CC)C(=O)O. The van der Waals surface area contributed by atoms with Crippen molar-refractivity contribution in [2.24, 2.45) is 11.8 Å². The van der Waals surface area contributed by atoms with E-state index in [1.807, 2.05) is 26.8 Å². The summed E-state index contributed by atoms with van der Waals surface area (Å²) < 4.78 is 15.8. The summed E-state index contributed by atoms with van der Waals surface area (Å²) in [6.07, 6.45) is 5.36. The number of methoxy groups -OCH3 is 2. The molecule has 0 aliphatic rings. The Hall–Kier alpha value is -2.76. The summed E-state index contributed by atoms with van der Waals surface area (Å²) in [6, 6.07) is 5.22. The Balaban J connectivity index is 0.00000122. The molecule has 0 spiro atoms. The van der Waals surface area contributed by atoms with Gasteiger partial charge in [-0.3, -0.25) is 9.59 Å². The Morgan fingerprint density at radius 3 is 2.20 bits per heavy atom. The number of rotatable bonds is 11. The van der Waals surface area contributed by atoms with E-state index >= 15 is 0 Å². The van der Waals surface area contributed by atoms with E-state index in [2.05, 4.69) is 6.58 Å². The van der Waals surface area contributed by atoms with E-state index < -0.39 is 23.8 Å². The van der Waals surface area contributed by atoms with E-state index in [1.54, 1.807) is 38.3 Å². The van der Waals surface area contributed by atoms with Crippen molar-refractivity contribution < 1.29 is 28.9 Å². The lowest BCUT2D eigenvalue weighted by molar-refractivity contribution is -0.159. The van der Waals surface area contributed by atoms with Crippen LogP contribution < -0.4 is 9.47 Å². The van der Waals surface area contributed by atoms with Crippen molar-refractivity contribution in [1.29, 1.82) is 0 Å². The fourth-order valence-electron chi connectivity index (χ4n) is 2.89. The quantitative estimate of drug-likeness (QED) is 0.381. The second-order valence-corrected chi connectivity index (χ2v) is 7.01. The normalized spacial score (nSPS) is 11.8. The van der Waals surface area contributed by atoms with Gasteiger partial charge in [-0.25, -0.2) is 0 Å². The number of ether oxygens (including phenoxy) is 3. The van der Waals surface area contributed by atoms with E-state index in [9.17, 15) is 14.7 Å². The highest BCUT2D eigenvalue weighted by Gasteiger charge is 2.33. The Morgan fingerprint density at radius 2 is 1.80 bits per heavy atom. The lowest BCUT2D eigenvalue weighted by Crippen LogP contribution is -2.31. The number of esters is 1. The molecule has 0 aliphatic carbocycles. The van der Waals surface area contributed by atoms with Crippen LogP contribution in [0.15, 0.2) is 42.5 Å². The molecule has 0 heterocycles. The van der Waals surface area contributed by atoms with E-state index in [-0.39, 0.29) is 6.61 Å². The number of carboxylic acids is 1. The zero-order valence-corrected chi connectivity index (χ0v) is 19.1. The van der Waals surface area contributed by atoms with Crippen LogP contribution in [0.4, 0.5) is 0 Å². The molecule has 1 N–H and O–H groups in total. The van der Waals surface area contributed by atoms with Gasteiger partial charge in [-0.1, -0.05) is 44.6 Å². The molecule has 0 saturated carbocycles. The van der Waals surface area contributed by atoms with Gasteiger partial charge in [-0.05, 0) is 38.8 Å². The third-order valence-electron chi connectivity index (χ3n) is 4.46. The van der Waals surface area contributed by atoms with Crippen LogP contribution in [-0.4, -0.2) is 31.3 Å². The monoisotopic (exact) mass is 420 g/mol. The minimum Gasteiger partial charge on any atom is -0.497 e. The fraction of sp³-hybridized carbons (Fsp3) is 0.500. The minimum atomic E-state index is -0.963. The van der Waals surface area contributed by atoms with Gasteiger partial charge in [0.25, 0.3) is 0 Å². The van der Waals surface area contributed by atoms with Crippen LogP contribution in [0, 0.1) is 11.8 Å². The highest BCUT2D eigenvalue weighted by Crippen LogP contribution is 2.27. The predicted molar refractivity (Wildman–Crippen MR) is 119 cm³/mol. The summed E-state index contributed by atoms with van der Waals surface area (Å²) >= 11 is 0. The first-order valence-electron chi connectivity index (χ1n) is 10.1. The predicted octanol–water partition coefficient (Wildman–Crippen LogP) is 5.41. The maximum atomic E-state index is 12.4. The van der Waals surface area contributed by atoms with E-state index in [1.165, 1.54) is 12.7 Å². The van der Waals surface area contributed by atoms with Gasteiger partial charge >= 0.3 is 11.9 Å². The van der Waals surface area contributed by atoms with E-state index in [0.717, 1.165) is 6.42 Å². The summed E-state index contributed by atoms with van der Waals surface area (Å²) in [5.74, 6) is -1.61. The van der Waals surface area contributed by atoms with E-state index in [4.69, 9.17) is 14.2 Å². The molecule has 0 amide bonds. The highest BCUT2D eigenvalue weighted by molar-refractivity contribution is 5.81. The van der Waals surface area contributed by atoms with Crippen LogP contribution in [0.2, 0.25) is 0 Å². The molecule has 6 nitrogen and oxygen atoms in total. The molecule has 1 aromatic carbocycles. The Kier molecular flexibility index (Phi) is 13.7. The third-order valence-corrected chi connectivity index (χ3v) is 4.46. The lowest BCUT2D eigenvalue weighted by atomic mass is 9.86. The zero-order valence-electron chi connectivity index (χ0n) is 19.1. The van der Waals surface area contributed by atoms with Crippen molar-refractivity contribution in [3.8, 4) is 11.5 Å². The summed E-state index contributed by atoms with van der Waals surface area (Å²) in [7, 11) is 3.08. The van der Waals surface area contributed by atoms with Crippen molar-refractivity contribution in [3.63, 3.8) is 0 Å². The van der Waals surface area contributed by atoms with Gasteiger partial charge in [0, 0.05) is 11.6 Å². The van der Waals surface area contributed by atoms with Crippen molar-refractivity contribution in [3.05, 3.63) is 48.1 Å². The van der Waals surface area contributed by atoms with E-state index in [0.29, 0.717) is 29.9 Å². The maximum Gasteiger partial charge on any atom is 0.310 e. The number of aliphatic carboxylic acids is 1. The number of benzene rings is 1. The first kappa shape index (κ1) is 27.2. The van der Waals surface area contributed by atoms with Gasteiger partial charge in [0.1, 0.15) is 18.1 Å². The molecule has 0 bridgehead atoms. The molecule has 6 heteroatoms. The minimum absolute atomic E-state index is 0.0300. The van der Waals surface area contributed by atoms with Crippen molar-refractivity contribution in [2.75, 3.05) is 14.2 Å². The standard InChI is InChI=1S/C18H26O6.C6H10/c1-5-7-15(14(6-2)17(19)20)18(21)24-11-12-8-9-13(22-3)10-16(12)23-4;1-4-5-6(2)3/h8-10,14-15H,5-7,11H2,1-4H3,(H,19,20);4-5H,1H2,2-3H3. The molecular weight excluding hydrogens is 384 g/mol. The molecule has 0 aromatic heterocycles. The van der Waals surface area contributed by atoms with Crippen LogP contribution in [0.5, 0.6) is 11.5 Å². The summed E-state index contributed by atoms with van der Waals surface area (Å²) in [6.45, 7) is 11.3. The highest BCUT2D eigenvalue weighted by atomic mass is 16.5. The van der Waals surface area contributed by atoms with Crippen molar-refractivity contribution >= 4 is 11.9 Å². The Bertz CT molecular complexity index is 704. The molecule has 0 radical (unpaired) electrons. The lowest BCUT2D eigenvalue weighted by Gasteiger charge is -2.21. The first-order chi connectivity index (χ1) is 14.2. The summed E-state index contributed by atoms with van der Waals surface area (Å²) in [5, 5.41) is 9.30. The molecular formula is C24H36O6. The number of carbonyl (C=O) groups is 2. The second kappa shape index (κ2) is 15.1. The van der Waals surface area contributed by atoms with Gasteiger partial charge in [0.2, 0.25) is 0 Å². The van der Waals surface area contributed by atoms with Gasteiger partial charge < -0.3 is 19.3 Å². The average molecular weight is 421 g/mol. The number of carbonyl (C=O) groups excluding carboxylic acids is 1. The van der Waals surface area contributed by atoms with Crippen molar-refractivity contribution in [2.45, 2.75) is 53.6 Å². The van der Waals surface area contributed by atoms with Gasteiger partial charge in [-0.15, -0.1) is 0 Å². The second-order valence-electron chi connectivity index (χ2n) is 7.01. The number of hydrogen-bond acceptors (Lipinski definition) is 5. The number of carboxylic acid groups (broad SMARTS) is 1.